The predicted molar refractivity (Wildman–Crippen MR) is 61.7 cm³/mol. The lowest BCUT2D eigenvalue weighted by Crippen LogP contribution is -2.32. The largest absolute Gasteiger partial charge is 0.491 e. The summed E-state index contributed by atoms with van der Waals surface area (Å²) in [4.78, 5) is 10.0. The minimum Gasteiger partial charge on any atom is -0.491 e. The highest BCUT2D eigenvalue weighted by Gasteiger charge is 2.09. The van der Waals surface area contributed by atoms with Crippen molar-refractivity contribution in [3.05, 3.63) is 34.4 Å². The summed E-state index contributed by atoms with van der Waals surface area (Å²) >= 11 is 0. The maximum Gasteiger partial charge on any atom is 0.273 e. The molecule has 6 nitrogen and oxygen atoms in total. The first-order chi connectivity index (χ1) is 8.17. The first kappa shape index (κ1) is 12.9. The molecule has 0 aromatic heterocycles. The lowest BCUT2D eigenvalue weighted by molar-refractivity contribution is -0.384. The number of nitriles is 1. The number of nitro groups is 1. The molecule has 6 heteroatoms. The van der Waals surface area contributed by atoms with Crippen LogP contribution in [-0.2, 0) is 0 Å². The van der Waals surface area contributed by atoms with Gasteiger partial charge in [0, 0.05) is 6.07 Å². The minimum atomic E-state index is -0.487. The van der Waals surface area contributed by atoms with Crippen LogP contribution >= 0.6 is 0 Å². The third kappa shape index (κ3) is 4.09. The van der Waals surface area contributed by atoms with E-state index < -0.39 is 11.0 Å². The van der Waals surface area contributed by atoms with Crippen molar-refractivity contribution in [2.75, 3.05) is 13.2 Å². The van der Waals surface area contributed by atoms with Crippen molar-refractivity contribution in [3.8, 4) is 11.8 Å². The molecule has 0 aliphatic rings. The maximum absolute atomic E-state index is 10.5. The maximum atomic E-state index is 10.5. The van der Waals surface area contributed by atoms with Crippen molar-refractivity contribution in [1.82, 2.24) is 5.32 Å². The van der Waals surface area contributed by atoms with Gasteiger partial charge >= 0.3 is 0 Å². The Bertz CT molecular complexity index is 428. The molecule has 17 heavy (non-hydrogen) atoms. The van der Waals surface area contributed by atoms with Gasteiger partial charge in [0.15, 0.2) is 0 Å². The summed E-state index contributed by atoms with van der Waals surface area (Å²) in [5, 5.41) is 22.2. The lowest BCUT2D eigenvalue weighted by atomic mass is 10.3. The van der Waals surface area contributed by atoms with Gasteiger partial charge in [0.1, 0.15) is 18.4 Å². The van der Waals surface area contributed by atoms with E-state index in [1.165, 1.54) is 12.1 Å². The van der Waals surface area contributed by atoms with Gasteiger partial charge in [-0.25, -0.2) is 0 Å². The quantitative estimate of drug-likeness (QED) is 0.595. The van der Waals surface area contributed by atoms with Crippen LogP contribution in [0.25, 0.3) is 0 Å². The first-order valence-corrected chi connectivity index (χ1v) is 5.17. The lowest BCUT2D eigenvalue weighted by Gasteiger charge is -2.11. The van der Waals surface area contributed by atoms with Gasteiger partial charge in [0.2, 0.25) is 0 Å². The van der Waals surface area contributed by atoms with Gasteiger partial charge in [-0.05, 0) is 12.6 Å². The summed E-state index contributed by atoms with van der Waals surface area (Å²) in [6.45, 7) is 2.71. The summed E-state index contributed by atoms with van der Waals surface area (Å²) in [5.41, 5.74) is -0.0283. The number of likely N-dealkylation sites (N-methyl/N-ethyl adjacent to an activating group) is 1. The molecule has 0 spiro atoms. The van der Waals surface area contributed by atoms with Crippen LogP contribution in [0, 0.1) is 21.4 Å². The highest BCUT2D eigenvalue weighted by Crippen LogP contribution is 2.18. The Hall–Kier alpha value is -2.13. The van der Waals surface area contributed by atoms with Gasteiger partial charge in [0.05, 0.1) is 17.1 Å². The normalized spacial score (nSPS) is 11.5. The van der Waals surface area contributed by atoms with Crippen molar-refractivity contribution in [2.45, 2.75) is 13.0 Å². The topological polar surface area (TPSA) is 88.2 Å². The van der Waals surface area contributed by atoms with E-state index in [1.54, 1.807) is 12.1 Å². The van der Waals surface area contributed by atoms with Crippen molar-refractivity contribution in [1.29, 1.82) is 5.26 Å². The Kier molecular flexibility index (Phi) is 4.91. The molecule has 0 aliphatic heterocycles. The molecule has 1 N–H and O–H groups in total. The Balaban J connectivity index is 2.60. The summed E-state index contributed by atoms with van der Waals surface area (Å²) < 4.78 is 5.31. The highest BCUT2D eigenvalue weighted by atomic mass is 16.6. The van der Waals surface area contributed by atoms with E-state index in [-0.39, 0.29) is 12.3 Å². The van der Waals surface area contributed by atoms with E-state index in [0.717, 1.165) is 0 Å². The second kappa shape index (κ2) is 6.45. The number of rotatable bonds is 6. The molecule has 0 amide bonds. The zero-order valence-electron chi connectivity index (χ0n) is 9.42. The molecule has 0 heterocycles. The van der Waals surface area contributed by atoms with Crippen LogP contribution in [0.15, 0.2) is 24.3 Å². The van der Waals surface area contributed by atoms with Gasteiger partial charge in [-0.3, -0.25) is 15.4 Å². The molecule has 0 aliphatic carbocycles. The monoisotopic (exact) mass is 235 g/mol. The van der Waals surface area contributed by atoms with Gasteiger partial charge < -0.3 is 4.74 Å². The van der Waals surface area contributed by atoms with Crippen LogP contribution in [0.2, 0.25) is 0 Å². The van der Waals surface area contributed by atoms with Crippen molar-refractivity contribution < 1.29 is 9.66 Å². The molecule has 0 saturated heterocycles. The van der Waals surface area contributed by atoms with E-state index in [0.29, 0.717) is 12.3 Å². The van der Waals surface area contributed by atoms with E-state index in [2.05, 4.69) is 5.32 Å². The van der Waals surface area contributed by atoms with Crippen LogP contribution in [0.4, 0.5) is 5.69 Å². The molecule has 0 bridgehead atoms. The Morgan fingerprint density at radius 3 is 3.00 bits per heavy atom. The zero-order chi connectivity index (χ0) is 12.7. The molecule has 0 fully saturated rings. The van der Waals surface area contributed by atoms with Crippen LogP contribution < -0.4 is 10.1 Å². The number of nitrogens with one attached hydrogen (secondary N) is 1. The fourth-order valence-corrected chi connectivity index (χ4v) is 1.25. The number of nitrogens with zero attached hydrogens (tertiary/aromatic N) is 2. The van der Waals surface area contributed by atoms with E-state index in [9.17, 15) is 10.1 Å². The molecule has 0 radical (unpaired) electrons. The van der Waals surface area contributed by atoms with Crippen LogP contribution in [0.5, 0.6) is 5.75 Å². The van der Waals surface area contributed by atoms with Crippen LogP contribution in [-0.4, -0.2) is 24.1 Å². The van der Waals surface area contributed by atoms with Gasteiger partial charge in [-0.15, -0.1) is 0 Å². The molecule has 1 rings (SSSR count). The molecular weight excluding hydrogens is 222 g/mol. The predicted octanol–water partition coefficient (Wildman–Crippen LogP) is 1.48. The number of non-ortho nitro benzene ring substituents is 1. The molecule has 1 aromatic rings. The highest BCUT2D eigenvalue weighted by molar-refractivity contribution is 5.37. The SMILES string of the molecule is CCNC(C#N)COc1cccc([N+](=O)[O-])c1. The zero-order valence-corrected chi connectivity index (χ0v) is 9.42. The minimum absolute atomic E-state index is 0.0283. The average Bonchev–Trinajstić information content (AvgIpc) is 2.34. The summed E-state index contributed by atoms with van der Waals surface area (Å²) in [5.74, 6) is 0.386. The molecule has 1 aromatic carbocycles. The fraction of sp³-hybridized carbons (Fsp3) is 0.364. The number of hydrogen-bond donors (Lipinski definition) is 1. The van der Waals surface area contributed by atoms with Gasteiger partial charge in [0.25, 0.3) is 5.69 Å². The van der Waals surface area contributed by atoms with Crippen molar-refractivity contribution in [2.24, 2.45) is 0 Å². The van der Waals surface area contributed by atoms with Crippen molar-refractivity contribution >= 4 is 5.69 Å². The molecule has 1 unspecified atom stereocenters. The third-order valence-electron chi connectivity index (χ3n) is 2.05. The van der Waals surface area contributed by atoms with Gasteiger partial charge in [-0.1, -0.05) is 13.0 Å². The summed E-state index contributed by atoms with van der Waals surface area (Å²) in [6, 6.07) is 7.51. The standard InChI is InChI=1S/C11H13N3O3/c1-2-13-9(7-12)8-17-11-5-3-4-10(6-11)14(15)16/h3-6,9,13H,2,8H2,1H3. The summed E-state index contributed by atoms with van der Waals surface area (Å²) in [6.07, 6.45) is 0. The number of hydrogen-bond acceptors (Lipinski definition) is 5. The first-order valence-electron chi connectivity index (χ1n) is 5.17. The van der Waals surface area contributed by atoms with Gasteiger partial charge in [-0.2, -0.15) is 5.26 Å². The van der Waals surface area contributed by atoms with Crippen LogP contribution in [0.1, 0.15) is 6.92 Å². The Morgan fingerprint density at radius 2 is 2.41 bits per heavy atom. The molecule has 0 saturated carbocycles. The van der Waals surface area contributed by atoms with Crippen LogP contribution in [0.3, 0.4) is 0 Å². The molecular formula is C11H13N3O3. The third-order valence-corrected chi connectivity index (χ3v) is 2.05. The number of ether oxygens (including phenoxy) is 1. The van der Waals surface area contributed by atoms with Crippen molar-refractivity contribution in [3.63, 3.8) is 0 Å². The smallest absolute Gasteiger partial charge is 0.273 e. The molecule has 1 atom stereocenters. The van der Waals surface area contributed by atoms with E-state index >= 15 is 0 Å². The Morgan fingerprint density at radius 1 is 1.65 bits per heavy atom. The number of benzene rings is 1. The second-order valence-corrected chi connectivity index (χ2v) is 3.30. The molecule has 90 valence electrons. The second-order valence-electron chi connectivity index (χ2n) is 3.30. The summed E-state index contributed by atoms with van der Waals surface area (Å²) in [7, 11) is 0. The van der Waals surface area contributed by atoms with E-state index in [4.69, 9.17) is 10.00 Å². The fourth-order valence-electron chi connectivity index (χ4n) is 1.25. The average molecular weight is 235 g/mol. The number of nitro benzene ring substituents is 1. The van der Waals surface area contributed by atoms with E-state index in [1.807, 2.05) is 13.0 Å². The Labute approximate surface area is 99.0 Å².